The molecule has 0 bridgehead atoms. The van der Waals surface area contributed by atoms with Crippen LogP contribution in [0.1, 0.15) is 63.5 Å². The minimum atomic E-state index is 0.313. The third kappa shape index (κ3) is 4.55. The predicted molar refractivity (Wildman–Crippen MR) is 101 cm³/mol. The summed E-state index contributed by atoms with van der Waals surface area (Å²) in [6, 6.07) is 9.14. The van der Waals surface area contributed by atoms with Gasteiger partial charge in [0.15, 0.2) is 0 Å². The average molecular weight is 344 g/mol. The van der Waals surface area contributed by atoms with Gasteiger partial charge in [0.05, 0.1) is 13.7 Å². The Hall–Kier alpha value is -1.55. The number of likely N-dealkylation sites (tertiary alicyclic amines) is 2. The maximum Gasteiger partial charge on any atom is 0.237 e. The van der Waals surface area contributed by atoms with Crippen LogP contribution in [0.3, 0.4) is 0 Å². The lowest BCUT2D eigenvalue weighted by Crippen LogP contribution is -2.47. The number of amides is 1. The van der Waals surface area contributed by atoms with Gasteiger partial charge in [0.1, 0.15) is 5.75 Å². The Bertz CT molecular complexity index is 558. The highest BCUT2D eigenvalue weighted by atomic mass is 16.5. The van der Waals surface area contributed by atoms with Gasteiger partial charge in [-0.1, -0.05) is 25.0 Å². The van der Waals surface area contributed by atoms with E-state index >= 15 is 0 Å². The van der Waals surface area contributed by atoms with Crippen LogP contribution in [0.2, 0.25) is 0 Å². The zero-order chi connectivity index (χ0) is 17.6. The molecule has 0 aromatic heterocycles. The molecule has 2 aliphatic heterocycles. The van der Waals surface area contributed by atoms with Crippen LogP contribution < -0.4 is 4.74 Å². The lowest BCUT2D eigenvalue weighted by Gasteiger charge is -2.37. The Kier molecular flexibility index (Phi) is 6.35. The highest BCUT2D eigenvalue weighted by Gasteiger charge is 2.29. The SMILES string of the molecule is COc1ccc(C2CCCCCN2CC(=O)N2CCCCC2C)cc1. The van der Waals surface area contributed by atoms with Crippen LogP contribution >= 0.6 is 0 Å². The summed E-state index contributed by atoms with van der Waals surface area (Å²) in [5, 5.41) is 0. The zero-order valence-electron chi connectivity index (χ0n) is 15.7. The first kappa shape index (κ1) is 18.2. The van der Waals surface area contributed by atoms with Crippen molar-refractivity contribution in [2.45, 2.75) is 64.0 Å². The molecule has 0 spiro atoms. The predicted octanol–water partition coefficient (Wildman–Crippen LogP) is 4.01. The van der Waals surface area contributed by atoms with Crippen molar-refractivity contribution in [3.63, 3.8) is 0 Å². The second kappa shape index (κ2) is 8.70. The molecule has 1 aromatic rings. The summed E-state index contributed by atoms with van der Waals surface area (Å²) in [4.78, 5) is 17.5. The van der Waals surface area contributed by atoms with E-state index in [9.17, 15) is 4.79 Å². The van der Waals surface area contributed by atoms with E-state index in [0.29, 0.717) is 24.5 Å². The molecular weight excluding hydrogens is 312 g/mol. The number of methoxy groups -OCH3 is 1. The molecule has 2 saturated heterocycles. The van der Waals surface area contributed by atoms with Crippen LogP contribution in [0.15, 0.2) is 24.3 Å². The molecule has 1 aromatic carbocycles. The molecule has 25 heavy (non-hydrogen) atoms. The summed E-state index contributed by atoms with van der Waals surface area (Å²) in [5.74, 6) is 1.20. The Morgan fingerprint density at radius 2 is 1.76 bits per heavy atom. The van der Waals surface area contributed by atoms with Crippen molar-refractivity contribution in [1.29, 1.82) is 0 Å². The molecule has 2 aliphatic rings. The first-order chi connectivity index (χ1) is 12.2. The van der Waals surface area contributed by atoms with Gasteiger partial charge in [-0.25, -0.2) is 0 Å². The number of carbonyl (C=O) groups excluding carboxylic acids is 1. The molecule has 0 saturated carbocycles. The number of piperidine rings is 1. The maximum atomic E-state index is 12.9. The van der Waals surface area contributed by atoms with E-state index in [0.717, 1.165) is 38.1 Å². The third-order valence-corrected chi connectivity index (χ3v) is 5.83. The molecule has 2 fully saturated rings. The van der Waals surface area contributed by atoms with Gasteiger partial charge in [-0.2, -0.15) is 0 Å². The summed E-state index contributed by atoms with van der Waals surface area (Å²) < 4.78 is 5.29. The molecular formula is C21H32N2O2. The number of carbonyl (C=O) groups is 1. The number of hydrogen-bond donors (Lipinski definition) is 0. The number of ether oxygens (including phenoxy) is 1. The van der Waals surface area contributed by atoms with Gasteiger partial charge in [-0.3, -0.25) is 9.69 Å². The van der Waals surface area contributed by atoms with Crippen molar-refractivity contribution in [2.75, 3.05) is 26.7 Å². The van der Waals surface area contributed by atoms with Crippen LogP contribution in [0, 0.1) is 0 Å². The van der Waals surface area contributed by atoms with Gasteiger partial charge < -0.3 is 9.64 Å². The van der Waals surface area contributed by atoms with Crippen LogP contribution in [0.5, 0.6) is 5.75 Å². The van der Waals surface area contributed by atoms with E-state index in [-0.39, 0.29) is 0 Å². The van der Waals surface area contributed by atoms with Crippen molar-refractivity contribution in [3.05, 3.63) is 29.8 Å². The van der Waals surface area contributed by atoms with Gasteiger partial charge in [0, 0.05) is 18.6 Å². The first-order valence-corrected chi connectivity index (χ1v) is 9.86. The van der Waals surface area contributed by atoms with Gasteiger partial charge >= 0.3 is 0 Å². The molecule has 0 radical (unpaired) electrons. The van der Waals surface area contributed by atoms with E-state index in [2.05, 4.69) is 28.9 Å². The van der Waals surface area contributed by atoms with E-state index < -0.39 is 0 Å². The Balaban J connectivity index is 1.72. The molecule has 4 nitrogen and oxygen atoms in total. The fourth-order valence-corrected chi connectivity index (χ4v) is 4.29. The van der Waals surface area contributed by atoms with E-state index in [1.807, 2.05) is 12.1 Å². The number of nitrogens with zero attached hydrogens (tertiary/aromatic N) is 2. The monoisotopic (exact) mass is 344 g/mol. The summed E-state index contributed by atoms with van der Waals surface area (Å²) in [7, 11) is 1.70. The van der Waals surface area contributed by atoms with E-state index in [4.69, 9.17) is 4.74 Å². The second-order valence-corrected chi connectivity index (χ2v) is 7.54. The topological polar surface area (TPSA) is 32.8 Å². The normalized spacial score (nSPS) is 25.4. The van der Waals surface area contributed by atoms with E-state index in [1.165, 1.54) is 31.2 Å². The summed E-state index contributed by atoms with van der Waals surface area (Å²) >= 11 is 0. The Morgan fingerprint density at radius 3 is 2.48 bits per heavy atom. The molecule has 0 N–H and O–H groups in total. The molecule has 3 rings (SSSR count). The minimum Gasteiger partial charge on any atom is -0.497 e. The molecule has 138 valence electrons. The van der Waals surface area contributed by atoms with Gasteiger partial charge in [0.25, 0.3) is 0 Å². The molecule has 2 atom stereocenters. The molecule has 4 heteroatoms. The van der Waals surface area contributed by atoms with Gasteiger partial charge in [0.2, 0.25) is 5.91 Å². The quantitative estimate of drug-likeness (QED) is 0.827. The Morgan fingerprint density at radius 1 is 1.04 bits per heavy atom. The molecule has 2 heterocycles. The molecule has 2 unspecified atom stereocenters. The highest BCUT2D eigenvalue weighted by molar-refractivity contribution is 5.78. The molecule has 0 aliphatic carbocycles. The van der Waals surface area contributed by atoms with Gasteiger partial charge in [-0.05, 0) is 63.3 Å². The lowest BCUT2D eigenvalue weighted by atomic mass is 10.00. The third-order valence-electron chi connectivity index (χ3n) is 5.83. The van der Waals surface area contributed by atoms with Gasteiger partial charge in [-0.15, -0.1) is 0 Å². The number of benzene rings is 1. The fourth-order valence-electron chi connectivity index (χ4n) is 4.29. The number of hydrogen-bond acceptors (Lipinski definition) is 3. The van der Waals surface area contributed by atoms with Crippen molar-refractivity contribution in [2.24, 2.45) is 0 Å². The van der Waals surface area contributed by atoms with Crippen molar-refractivity contribution >= 4 is 5.91 Å². The Labute approximate surface area is 152 Å². The molecule has 1 amide bonds. The second-order valence-electron chi connectivity index (χ2n) is 7.54. The maximum absolute atomic E-state index is 12.9. The first-order valence-electron chi connectivity index (χ1n) is 9.86. The smallest absolute Gasteiger partial charge is 0.237 e. The van der Waals surface area contributed by atoms with Crippen molar-refractivity contribution < 1.29 is 9.53 Å². The van der Waals surface area contributed by atoms with Crippen LogP contribution in [-0.4, -0.2) is 48.5 Å². The minimum absolute atomic E-state index is 0.313. The summed E-state index contributed by atoms with van der Waals surface area (Å²) in [6.45, 7) is 4.70. The van der Waals surface area contributed by atoms with Crippen LogP contribution in [0.25, 0.3) is 0 Å². The number of rotatable bonds is 4. The zero-order valence-corrected chi connectivity index (χ0v) is 15.7. The van der Waals surface area contributed by atoms with Crippen LogP contribution in [0.4, 0.5) is 0 Å². The van der Waals surface area contributed by atoms with Crippen LogP contribution in [-0.2, 0) is 4.79 Å². The standard InChI is InChI=1S/C21H32N2O2/c1-17-8-5-7-15-23(17)21(24)16-22-14-6-3-4-9-20(22)18-10-12-19(25-2)13-11-18/h10-13,17,20H,3-9,14-16H2,1-2H3. The van der Waals surface area contributed by atoms with Crippen molar-refractivity contribution in [1.82, 2.24) is 9.80 Å². The summed E-state index contributed by atoms with van der Waals surface area (Å²) in [6.07, 6.45) is 8.37. The largest absolute Gasteiger partial charge is 0.497 e. The highest BCUT2D eigenvalue weighted by Crippen LogP contribution is 2.31. The lowest BCUT2D eigenvalue weighted by molar-refractivity contribution is -0.136. The summed E-state index contributed by atoms with van der Waals surface area (Å²) in [5.41, 5.74) is 1.31. The average Bonchev–Trinajstić information content (AvgIpc) is 2.87. The fraction of sp³-hybridized carbons (Fsp3) is 0.667. The van der Waals surface area contributed by atoms with Crippen molar-refractivity contribution in [3.8, 4) is 5.75 Å². The van der Waals surface area contributed by atoms with E-state index in [1.54, 1.807) is 7.11 Å².